The highest BCUT2D eigenvalue weighted by molar-refractivity contribution is 5.62. The number of hydrogen-bond donors (Lipinski definition) is 1. The van der Waals surface area contributed by atoms with Crippen LogP contribution >= 0.6 is 0 Å². The van der Waals surface area contributed by atoms with Crippen molar-refractivity contribution in [1.82, 2.24) is 4.98 Å². The van der Waals surface area contributed by atoms with Gasteiger partial charge in [0.2, 0.25) is 0 Å². The summed E-state index contributed by atoms with van der Waals surface area (Å²) >= 11 is 0. The second kappa shape index (κ2) is 4.18. The van der Waals surface area contributed by atoms with E-state index in [9.17, 15) is 17.6 Å². The zero-order valence-electron chi connectivity index (χ0n) is 8.85. The molecule has 0 bridgehead atoms. The number of aromatic amines is 1. The fourth-order valence-corrected chi connectivity index (χ4v) is 1.54. The van der Waals surface area contributed by atoms with Gasteiger partial charge in [0.05, 0.1) is 11.1 Å². The Balaban J connectivity index is 2.51. The topological polar surface area (TPSA) is 39.6 Å². The number of hydrogen-bond acceptors (Lipinski definition) is 1. The molecule has 0 saturated heterocycles. The summed E-state index contributed by atoms with van der Waals surface area (Å²) < 4.78 is 50.6. The molecule has 0 amide bonds. The van der Waals surface area contributed by atoms with Crippen molar-refractivity contribution in [2.24, 2.45) is 0 Å². The summed E-state index contributed by atoms with van der Waals surface area (Å²) in [4.78, 5) is 2.66. The molecule has 0 fully saturated rings. The molecule has 0 unspecified atom stereocenters. The van der Waals surface area contributed by atoms with Gasteiger partial charge in [-0.2, -0.15) is 18.4 Å². The smallest absolute Gasteiger partial charge is 0.360 e. The molecule has 2 nitrogen and oxygen atoms in total. The van der Waals surface area contributed by atoms with Gasteiger partial charge in [0.15, 0.2) is 0 Å². The van der Waals surface area contributed by atoms with E-state index in [2.05, 4.69) is 4.98 Å². The monoisotopic (exact) mass is 254 g/mol. The van der Waals surface area contributed by atoms with E-state index >= 15 is 0 Å². The predicted octanol–water partition coefficient (Wildman–Crippen LogP) is 3.71. The average molecular weight is 254 g/mol. The number of nitrogens with zero attached hydrogens (tertiary/aromatic N) is 1. The largest absolute Gasteiger partial charge is 0.419 e. The van der Waals surface area contributed by atoms with E-state index in [-0.39, 0.29) is 5.56 Å². The van der Waals surface area contributed by atoms with Crippen LogP contribution < -0.4 is 0 Å². The Morgan fingerprint density at radius 3 is 2.44 bits per heavy atom. The molecule has 18 heavy (non-hydrogen) atoms. The number of halogens is 4. The predicted molar refractivity (Wildman–Crippen MR) is 55.9 cm³/mol. The zero-order chi connectivity index (χ0) is 13.3. The molecule has 0 spiro atoms. The summed E-state index contributed by atoms with van der Waals surface area (Å²) in [7, 11) is 0. The van der Waals surface area contributed by atoms with Crippen molar-refractivity contribution in [3.63, 3.8) is 0 Å². The summed E-state index contributed by atoms with van der Waals surface area (Å²) in [6, 6.07) is 5.93. The lowest BCUT2D eigenvalue weighted by molar-refractivity contribution is -0.139. The Bertz CT molecular complexity index is 620. The molecule has 2 rings (SSSR count). The number of aromatic nitrogens is 1. The highest BCUT2D eigenvalue weighted by atomic mass is 19.4. The maximum Gasteiger partial charge on any atom is 0.419 e. The second-order valence-electron chi connectivity index (χ2n) is 3.61. The third kappa shape index (κ3) is 2.20. The van der Waals surface area contributed by atoms with Crippen LogP contribution in [0.5, 0.6) is 0 Å². The van der Waals surface area contributed by atoms with Crippen LogP contribution in [0.25, 0.3) is 11.3 Å². The number of nitrogens with one attached hydrogen (secondary N) is 1. The first-order valence-corrected chi connectivity index (χ1v) is 4.87. The number of rotatable bonds is 1. The van der Waals surface area contributed by atoms with Gasteiger partial charge in [0.1, 0.15) is 11.9 Å². The van der Waals surface area contributed by atoms with E-state index in [1.54, 1.807) is 0 Å². The summed E-state index contributed by atoms with van der Waals surface area (Å²) in [5.41, 5.74) is -0.529. The summed E-state index contributed by atoms with van der Waals surface area (Å²) in [5, 5.41) is 8.62. The highest BCUT2D eigenvalue weighted by Crippen LogP contribution is 2.34. The standard InChI is InChI=1S/C12H6F4N2/c13-10-2-1-8(4-9(10)12(14,15)16)11-3-7(5-17)6-18-11/h1-4,6,18H. The number of benzene rings is 1. The summed E-state index contributed by atoms with van der Waals surface area (Å²) in [6.07, 6.45) is -3.38. The third-order valence-corrected chi connectivity index (χ3v) is 2.39. The molecule has 0 atom stereocenters. The molecule has 1 aromatic carbocycles. The minimum Gasteiger partial charge on any atom is -0.360 e. The van der Waals surface area contributed by atoms with Gasteiger partial charge in [0.25, 0.3) is 0 Å². The van der Waals surface area contributed by atoms with Crippen LogP contribution in [0.2, 0.25) is 0 Å². The second-order valence-corrected chi connectivity index (χ2v) is 3.61. The number of alkyl halides is 3. The van der Waals surface area contributed by atoms with Gasteiger partial charge in [-0.05, 0) is 29.8 Å². The first-order valence-electron chi connectivity index (χ1n) is 4.87. The van der Waals surface area contributed by atoms with Gasteiger partial charge in [-0.15, -0.1) is 0 Å². The summed E-state index contributed by atoms with van der Waals surface area (Å²) in [5.74, 6) is -1.32. The first kappa shape index (κ1) is 12.2. The molecule has 0 aliphatic rings. The fraction of sp³-hybridized carbons (Fsp3) is 0.0833. The van der Waals surface area contributed by atoms with Gasteiger partial charge < -0.3 is 4.98 Å². The third-order valence-electron chi connectivity index (χ3n) is 2.39. The van der Waals surface area contributed by atoms with E-state index < -0.39 is 17.6 Å². The van der Waals surface area contributed by atoms with Crippen molar-refractivity contribution in [2.45, 2.75) is 6.18 Å². The molecule has 92 valence electrons. The first-order chi connectivity index (χ1) is 8.41. The van der Waals surface area contributed by atoms with Gasteiger partial charge in [-0.1, -0.05) is 0 Å². The van der Waals surface area contributed by atoms with E-state index in [4.69, 9.17) is 5.26 Å². The average Bonchev–Trinajstić information content (AvgIpc) is 2.76. The van der Waals surface area contributed by atoms with E-state index in [0.29, 0.717) is 17.3 Å². The van der Waals surface area contributed by atoms with E-state index in [1.165, 1.54) is 18.3 Å². The van der Waals surface area contributed by atoms with E-state index in [0.717, 1.165) is 6.07 Å². The maximum atomic E-state index is 13.1. The Morgan fingerprint density at radius 1 is 1.17 bits per heavy atom. The van der Waals surface area contributed by atoms with Gasteiger partial charge >= 0.3 is 6.18 Å². The van der Waals surface area contributed by atoms with Crippen molar-refractivity contribution in [1.29, 1.82) is 5.26 Å². The van der Waals surface area contributed by atoms with Crippen LogP contribution in [-0.2, 0) is 6.18 Å². The molecule has 1 heterocycles. The lowest BCUT2D eigenvalue weighted by Gasteiger charge is -2.09. The van der Waals surface area contributed by atoms with Crippen molar-refractivity contribution >= 4 is 0 Å². The lowest BCUT2D eigenvalue weighted by Crippen LogP contribution is -2.08. The van der Waals surface area contributed by atoms with Crippen molar-refractivity contribution in [3.05, 3.63) is 47.4 Å². The molecule has 0 saturated carbocycles. The zero-order valence-corrected chi connectivity index (χ0v) is 8.85. The SMILES string of the molecule is N#Cc1c[nH]c(-c2ccc(F)c(C(F)(F)F)c2)c1. The van der Waals surface area contributed by atoms with Crippen LogP contribution in [0.3, 0.4) is 0 Å². The Morgan fingerprint density at radius 2 is 1.89 bits per heavy atom. The Kier molecular flexibility index (Phi) is 2.83. The van der Waals surface area contributed by atoms with Crippen molar-refractivity contribution < 1.29 is 17.6 Å². The molecule has 0 aliphatic heterocycles. The number of nitriles is 1. The molecule has 1 N–H and O–H groups in total. The normalized spacial score (nSPS) is 11.3. The quantitative estimate of drug-likeness (QED) is 0.774. The molecule has 2 aromatic rings. The van der Waals surface area contributed by atoms with Gasteiger partial charge in [0, 0.05) is 11.9 Å². The minimum absolute atomic E-state index is 0.172. The van der Waals surface area contributed by atoms with Gasteiger partial charge in [-0.25, -0.2) is 4.39 Å². The van der Waals surface area contributed by atoms with E-state index in [1.807, 2.05) is 6.07 Å². The van der Waals surface area contributed by atoms with Crippen LogP contribution in [0.4, 0.5) is 17.6 Å². The van der Waals surface area contributed by atoms with Gasteiger partial charge in [-0.3, -0.25) is 0 Å². The molecule has 6 heteroatoms. The van der Waals surface area contributed by atoms with Crippen LogP contribution in [-0.4, -0.2) is 4.98 Å². The fourth-order valence-electron chi connectivity index (χ4n) is 1.54. The van der Waals surface area contributed by atoms with Crippen LogP contribution in [0.1, 0.15) is 11.1 Å². The number of H-pyrrole nitrogens is 1. The van der Waals surface area contributed by atoms with Crippen molar-refractivity contribution in [2.75, 3.05) is 0 Å². The molecular formula is C12H6F4N2. The molecule has 0 radical (unpaired) electrons. The minimum atomic E-state index is -4.75. The van der Waals surface area contributed by atoms with Crippen molar-refractivity contribution in [3.8, 4) is 17.3 Å². The maximum absolute atomic E-state index is 13.1. The highest BCUT2D eigenvalue weighted by Gasteiger charge is 2.34. The molecular weight excluding hydrogens is 248 g/mol. The molecule has 0 aliphatic carbocycles. The van der Waals surface area contributed by atoms with Crippen LogP contribution in [0, 0.1) is 17.1 Å². The Labute approximate surface area is 99.5 Å². The lowest BCUT2D eigenvalue weighted by atomic mass is 10.1. The van der Waals surface area contributed by atoms with Crippen LogP contribution in [0.15, 0.2) is 30.5 Å². The Hall–Kier alpha value is -2.29. The molecule has 1 aromatic heterocycles. The summed E-state index contributed by atoms with van der Waals surface area (Å²) in [6.45, 7) is 0.